The fourth-order valence-corrected chi connectivity index (χ4v) is 2.75. The second-order valence-electron chi connectivity index (χ2n) is 5.35. The molecule has 0 fully saturated rings. The summed E-state index contributed by atoms with van der Waals surface area (Å²) in [6, 6.07) is 13.9. The highest BCUT2D eigenvalue weighted by Gasteiger charge is 2.09. The molecule has 2 aromatic carbocycles. The van der Waals surface area contributed by atoms with Gasteiger partial charge in [-0.05, 0) is 36.2 Å². The van der Waals surface area contributed by atoms with E-state index in [9.17, 15) is 4.79 Å². The monoisotopic (exact) mass is 280 g/mol. The van der Waals surface area contributed by atoms with Gasteiger partial charge in [-0.3, -0.25) is 4.79 Å². The van der Waals surface area contributed by atoms with Gasteiger partial charge in [0.05, 0.1) is 0 Å². The highest BCUT2D eigenvalue weighted by Crippen LogP contribution is 2.18. The van der Waals surface area contributed by atoms with Crippen LogP contribution in [0.5, 0.6) is 0 Å². The quantitative estimate of drug-likeness (QED) is 0.846. The van der Waals surface area contributed by atoms with Crippen LogP contribution in [0, 0.1) is 0 Å². The van der Waals surface area contributed by atoms with Gasteiger partial charge in [-0.25, -0.2) is 0 Å². The minimum absolute atomic E-state index is 0.0151. The molecule has 3 rings (SSSR count). The van der Waals surface area contributed by atoms with Gasteiger partial charge in [-0.1, -0.05) is 48.0 Å². The molecule has 0 unspecified atom stereocenters. The van der Waals surface area contributed by atoms with Gasteiger partial charge >= 0.3 is 0 Å². The van der Waals surface area contributed by atoms with E-state index in [-0.39, 0.29) is 5.91 Å². The van der Waals surface area contributed by atoms with E-state index < -0.39 is 0 Å². The zero-order chi connectivity index (χ0) is 14.5. The fraction of sp³-hybridized carbons (Fsp3) is 0.278. The molecule has 3 nitrogen and oxygen atoms in total. The number of hydrogen-bond acceptors (Lipinski definition) is 2. The van der Waals surface area contributed by atoms with Crippen LogP contribution in [0.15, 0.2) is 54.1 Å². The van der Waals surface area contributed by atoms with Crippen LogP contribution in [-0.2, 0) is 0 Å². The SMILES string of the molecule is O=C(NCCC1=CCNCC1)c1cccc2ccccc12. The third-order valence-electron chi connectivity index (χ3n) is 3.92. The number of fused-ring (bicyclic) bond motifs is 1. The van der Waals surface area contributed by atoms with Crippen molar-refractivity contribution in [2.45, 2.75) is 12.8 Å². The normalized spacial score (nSPS) is 14.8. The van der Waals surface area contributed by atoms with Crippen LogP contribution in [-0.4, -0.2) is 25.5 Å². The van der Waals surface area contributed by atoms with Crippen LogP contribution < -0.4 is 10.6 Å². The largest absolute Gasteiger partial charge is 0.352 e. The summed E-state index contributed by atoms with van der Waals surface area (Å²) in [7, 11) is 0. The van der Waals surface area contributed by atoms with Crippen molar-refractivity contribution in [3.8, 4) is 0 Å². The van der Waals surface area contributed by atoms with Gasteiger partial charge in [0.15, 0.2) is 0 Å². The van der Waals surface area contributed by atoms with Crippen LogP contribution in [0.4, 0.5) is 0 Å². The molecule has 1 heterocycles. The predicted molar refractivity (Wildman–Crippen MR) is 86.5 cm³/mol. The molecule has 0 saturated carbocycles. The second kappa shape index (κ2) is 6.55. The first-order valence-corrected chi connectivity index (χ1v) is 7.49. The number of rotatable bonds is 4. The minimum atomic E-state index is 0.0151. The summed E-state index contributed by atoms with van der Waals surface area (Å²) in [5.41, 5.74) is 2.19. The number of carbonyl (C=O) groups excluding carboxylic acids is 1. The summed E-state index contributed by atoms with van der Waals surface area (Å²) in [5, 5.41) is 8.45. The van der Waals surface area contributed by atoms with Crippen LogP contribution in [0.2, 0.25) is 0 Å². The Balaban J connectivity index is 1.65. The summed E-state index contributed by atoms with van der Waals surface area (Å²) in [6.07, 6.45) is 4.26. The van der Waals surface area contributed by atoms with Crippen molar-refractivity contribution in [3.63, 3.8) is 0 Å². The average molecular weight is 280 g/mol. The summed E-state index contributed by atoms with van der Waals surface area (Å²) in [4.78, 5) is 12.4. The molecular formula is C18H20N2O. The Hall–Kier alpha value is -2.13. The van der Waals surface area contributed by atoms with E-state index in [4.69, 9.17) is 0 Å². The smallest absolute Gasteiger partial charge is 0.251 e. The Morgan fingerprint density at radius 2 is 2.00 bits per heavy atom. The van der Waals surface area contributed by atoms with Gasteiger partial charge in [0, 0.05) is 18.7 Å². The number of amides is 1. The zero-order valence-electron chi connectivity index (χ0n) is 12.1. The van der Waals surface area contributed by atoms with Gasteiger partial charge in [-0.2, -0.15) is 0 Å². The zero-order valence-corrected chi connectivity index (χ0v) is 12.1. The third kappa shape index (κ3) is 3.31. The van der Waals surface area contributed by atoms with Crippen molar-refractivity contribution >= 4 is 16.7 Å². The lowest BCUT2D eigenvalue weighted by molar-refractivity contribution is 0.0955. The third-order valence-corrected chi connectivity index (χ3v) is 3.92. The number of benzene rings is 2. The first-order chi connectivity index (χ1) is 10.3. The molecule has 2 aromatic rings. The molecule has 21 heavy (non-hydrogen) atoms. The molecule has 0 aliphatic carbocycles. The molecule has 0 radical (unpaired) electrons. The van der Waals surface area contributed by atoms with E-state index in [1.165, 1.54) is 5.57 Å². The summed E-state index contributed by atoms with van der Waals surface area (Å²) < 4.78 is 0. The minimum Gasteiger partial charge on any atom is -0.352 e. The lowest BCUT2D eigenvalue weighted by Gasteiger charge is -2.14. The van der Waals surface area contributed by atoms with Gasteiger partial charge < -0.3 is 10.6 Å². The van der Waals surface area contributed by atoms with Crippen LogP contribution in [0.25, 0.3) is 10.8 Å². The Bertz CT molecular complexity index is 670. The maximum atomic E-state index is 12.4. The van der Waals surface area contributed by atoms with E-state index in [1.54, 1.807) is 0 Å². The van der Waals surface area contributed by atoms with Gasteiger partial charge in [0.25, 0.3) is 5.91 Å². The van der Waals surface area contributed by atoms with Crippen LogP contribution in [0.3, 0.4) is 0 Å². The molecular weight excluding hydrogens is 260 g/mol. The highest BCUT2D eigenvalue weighted by molar-refractivity contribution is 6.06. The molecule has 0 saturated heterocycles. The number of nitrogens with one attached hydrogen (secondary N) is 2. The van der Waals surface area contributed by atoms with E-state index in [0.29, 0.717) is 6.54 Å². The van der Waals surface area contributed by atoms with Crippen LogP contribution in [0.1, 0.15) is 23.2 Å². The number of hydrogen-bond donors (Lipinski definition) is 2. The van der Waals surface area contributed by atoms with Crippen molar-refractivity contribution in [1.82, 2.24) is 10.6 Å². The van der Waals surface area contributed by atoms with Gasteiger partial charge in [-0.15, -0.1) is 0 Å². The molecule has 1 amide bonds. The standard InChI is InChI=1S/C18H20N2O/c21-18(20-13-10-14-8-11-19-12-9-14)17-7-3-5-15-4-1-2-6-16(15)17/h1-8,19H,9-13H2,(H,20,21). The number of carbonyl (C=O) groups is 1. The molecule has 0 bridgehead atoms. The molecule has 1 aliphatic heterocycles. The highest BCUT2D eigenvalue weighted by atomic mass is 16.1. The summed E-state index contributed by atoms with van der Waals surface area (Å²) in [6.45, 7) is 2.70. The maximum Gasteiger partial charge on any atom is 0.251 e. The van der Waals surface area contributed by atoms with Crippen molar-refractivity contribution in [2.75, 3.05) is 19.6 Å². The second-order valence-corrected chi connectivity index (χ2v) is 5.35. The Morgan fingerprint density at radius 3 is 2.86 bits per heavy atom. The molecule has 0 atom stereocenters. The van der Waals surface area contributed by atoms with Crippen molar-refractivity contribution in [1.29, 1.82) is 0 Å². The topological polar surface area (TPSA) is 41.1 Å². The molecule has 3 heteroatoms. The average Bonchev–Trinajstić information content (AvgIpc) is 2.55. The summed E-state index contributed by atoms with van der Waals surface area (Å²) >= 11 is 0. The molecule has 0 aromatic heterocycles. The molecule has 108 valence electrons. The first kappa shape index (κ1) is 13.8. The Labute approximate surface area is 125 Å². The lowest BCUT2D eigenvalue weighted by Crippen LogP contribution is -2.26. The van der Waals surface area contributed by atoms with E-state index in [1.807, 2.05) is 42.5 Å². The Kier molecular flexibility index (Phi) is 4.31. The predicted octanol–water partition coefficient (Wildman–Crippen LogP) is 2.88. The van der Waals surface area contributed by atoms with Crippen molar-refractivity contribution in [3.05, 3.63) is 59.7 Å². The van der Waals surface area contributed by atoms with E-state index in [0.717, 1.165) is 42.3 Å². The molecule has 2 N–H and O–H groups in total. The van der Waals surface area contributed by atoms with Gasteiger partial charge in [0.1, 0.15) is 0 Å². The van der Waals surface area contributed by atoms with Gasteiger partial charge in [0.2, 0.25) is 0 Å². The van der Waals surface area contributed by atoms with Crippen molar-refractivity contribution in [2.24, 2.45) is 0 Å². The van der Waals surface area contributed by atoms with Crippen molar-refractivity contribution < 1.29 is 4.79 Å². The lowest BCUT2D eigenvalue weighted by atomic mass is 10.0. The maximum absolute atomic E-state index is 12.4. The molecule has 0 spiro atoms. The first-order valence-electron chi connectivity index (χ1n) is 7.49. The van der Waals surface area contributed by atoms with Crippen LogP contribution >= 0.6 is 0 Å². The summed E-state index contributed by atoms with van der Waals surface area (Å²) in [5.74, 6) is 0.0151. The fourth-order valence-electron chi connectivity index (χ4n) is 2.75. The van der Waals surface area contributed by atoms with E-state index >= 15 is 0 Å². The Morgan fingerprint density at radius 1 is 1.14 bits per heavy atom. The van der Waals surface area contributed by atoms with E-state index in [2.05, 4.69) is 16.7 Å². The molecule has 1 aliphatic rings.